The van der Waals surface area contributed by atoms with Gasteiger partial charge in [-0.1, -0.05) is 19.1 Å². The number of H-pyrrole nitrogens is 1. The molecule has 0 spiro atoms. The summed E-state index contributed by atoms with van der Waals surface area (Å²) in [5.74, 6) is 0. The van der Waals surface area contributed by atoms with Gasteiger partial charge in [0.2, 0.25) is 0 Å². The molecule has 0 aliphatic heterocycles. The van der Waals surface area contributed by atoms with Crippen LogP contribution < -0.4 is 0 Å². The Hall–Kier alpha value is -0.860. The molecule has 1 rings (SSSR count). The van der Waals surface area contributed by atoms with E-state index in [9.17, 15) is 0 Å². The zero-order valence-corrected chi connectivity index (χ0v) is 5.81. The van der Waals surface area contributed by atoms with Crippen LogP contribution in [0.3, 0.4) is 0 Å². The molecule has 1 aromatic rings. The Balaban J connectivity index is 2.85. The van der Waals surface area contributed by atoms with E-state index in [2.05, 4.69) is 29.3 Å². The van der Waals surface area contributed by atoms with Gasteiger partial charge in [0.25, 0.3) is 0 Å². The van der Waals surface area contributed by atoms with Crippen LogP contribution in [0.15, 0.2) is 0 Å². The quantitative estimate of drug-likeness (QED) is 0.638. The molecule has 9 heavy (non-hydrogen) atoms. The van der Waals surface area contributed by atoms with Gasteiger partial charge in [0, 0.05) is 0 Å². The number of hydrogen-bond donors (Lipinski definition) is 1. The number of aromatic amines is 1. The SMILES string of the molecule is CCc1nn[nH]c1CC. The first kappa shape index (κ1) is 6.26. The molecule has 0 amide bonds. The largest absolute Gasteiger partial charge is 0.262 e. The highest BCUT2D eigenvalue weighted by molar-refractivity contribution is 5.07. The van der Waals surface area contributed by atoms with E-state index in [4.69, 9.17) is 0 Å². The van der Waals surface area contributed by atoms with Crippen molar-refractivity contribution < 1.29 is 0 Å². The lowest BCUT2D eigenvalue weighted by Crippen LogP contribution is -1.87. The van der Waals surface area contributed by atoms with Crippen molar-refractivity contribution in [1.29, 1.82) is 0 Å². The van der Waals surface area contributed by atoms with E-state index in [1.54, 1.807) is 0 Å². The summed E-state index contributed by atoms with van der Waals surface area (Å²) >= 11 is 0. The first-order valence-electron chi connectivity index (χ1n) is 3.27. The molecule has 0 atom stereocenters. The smallest absolute Gasteiger partial charge is 0.0853 e. The maximum Gasteiger partial charge on any atom is 0.0853 e. The Kier molecular flexibility index (Phi) is 1.82. The topological polar surface area (TPSA) is 41.6 Å². The highest BCUT2D eigenvalue weighted by Crippen LogP contribution is 2.00. The zero-order chi connectivity index (χ0) is 6.69. The molecule has 0 aliphatic rings. The average molecular weight is 125 g/mol. The molecule has 3 nitrogen and oxygen atoms in total. The minimum absolute atomic E-state index is 0.972. The third-order valence-corrected chi connectivity index (χ3v) is 1.39. The summed E-state index contributed by atoms with van der Waals surface area (Å²) in [4.78, 5) is 0. The number of nitrogens with one attached hydrogen (secondary N) is 1. The van der Waals surface area contributed by atoms with Crippen LogP contribution in [0.25, 0.3) is 0 Å². The molecule has 0 saturated heterocycles. The summed E-state index contributed by atoms with van der Waals surface area (Å²) in [6.07, 6.45) is 1.97. The van der Waals surface area contributed by atoms with Crippen LogP contribution in [0.5, 0.6) is 0 Å². The van der Waals surface area contributed by atoms with Crippen molar-refractivity contribution in [1.82, 2.24) is 15.4 Å². The van der Waals surface area contributed by atoms with Crippen molar-refractivity contribution in [3.63, 3.8) is 0 Å². The van der Waals surface area contributed by atoms with Crippen molar-refractivity contribution in [2.45, 2.75) is 26.7 Å². The van der Waals surface area contributed by atoms with Gasteiger partial charge in [0.15, 0.2) is 0 Å². The maximum atomic E-state index is 3.90. The summed E-state index contributed by atoms with van der Waals surface area (Å²) in [5.41, 5.74) is 2.26. The summed E-state index contributed by atoms with van der Waals surface area (Å²) in [5, 5.41) is 10.4. The Morgan fingerprint density at radius 1 is 1.33 bits per heavy atom. The van der Waals surface area contributed by atoms with Gasteiger partial charge in [-0.15, -0.1) is 5.10 Å². The summed E-state index contributed by atoms with van der Waals surface area (Å²) in [6.45, 7) is 4.17. The molecule has 0 radical (unpaired) electrons. The molecule has 0 aliphatic carbocycles. The van der Waals surface area contributed by atoms with E-state index >= 15 is 0 Å². The Bertz CT molecular complexity index is 162. The van der Waals surface area contributed by atoms with E-state index in [1.807, 2.05) is 0 Å². The third kappa shape index (κ3) is 1.09. The lowest BCUT2D eigenvalue weighted by atomic mass is 10.2. The Labute approximate surface area is 54.5 Å². The Morgan fingerprint density at radius 3 is 2.56 bits per heavy atom. The predicted molar refractivity (Wildman–Crippen MR) is 35.1 cm³/mol. The highest BCUT2D eigenvalue weighted by Gasteiger charge is 1.99. The van der Waals surface area contributed by atoms with Crippen LogP contribution in [0.1, 0.15) is 25.2 Å². The summed E-state index contributed by atoms with van der Waals surface area (Å²) in [7, 11) is 0. The van der Waals surface area contributed by atoms with Gasteiger partial charge in [-0.2, -0.15) is 0 Å². The molecule has 0 saturated carbocycles. The number of nitrogens with zero attached hydrogens (tertiary/aromatic N) is 2. The van der Waals surface area contributed by atoms with Gasteiger partial charge in [0.05, 0.1) is 11.4 Å². The number of aryl methyl sites for hydroxylation is 2. The molecule has 0 fully saturated rings. The van der Waals surface area contributed by atoms with Crippen LogP contribution in [-0.2, 0) is 12.8 Å². The van der Waals surface area contributed by atoms with Gasteiger partial charge < -0.3 is 0 Å². The first-order chi connectivity index (χ1) is 4.38. The second kappa shape index (κ2) is 2.62. The molecule has 0 aromatic carbocycles. The summed E-state index contributed by atoms with van der Waals surface area (Å²) in [6, 6.07) is 0. The van der Waals surface area contributed by atoms with E-state index in [1.165, 1.54) is 0 Å². The number of hydrogen-bond acceptors (Lipinski definition) is 2. The van der Waals surface area contributed by atoms with Crippen molar-refractivity contribution in [2.24, 2.45) is 0 Å². The standard InChI is InChI=1S/C6H11N3/c1-3-5-6(4-2)8-9-7-5/h3-4H2,1-2H3,(H,7,8,9). The van der Waals surface area contributed by atoms with Crippen molar-refractivity contribution in [2.75, 3.05) is 0 Å². The van der Waals surface area contributed by atoms with Crippen molar-refractivity contribution >= 4 is 0 Å². The maximum absolute atomic E-state index is 3.90. The monoisotopic (exact) mass is 125 g/mol. The molecule has 0 bridgehead atoms. The molecule has 1 N–H and O–H groups in total. The molecule has 3 heteroatoms. The van der Waals surface area contributed by atoms with E-state index in [0.717, 1.165) is 24.2 Å². The molecule has 1 aromatic heterocycles. The second-order valence-electron chi connectivity index (χ2n) is 1.94. The van der Waals surface area contributed by atoms with Gasteiger partial charge in [-0.25, -0.2) is 0 Å². The van der Waals surface area contributed by atoms with E-state index < -0.39 is 0 Å². The molecular weight excluding hydrogens is 114 g/mol. The van der Waals surface area contributed by atoms with Gasteiger partial charge in [-0.05, 0) is 12.8 Å². The van der Waals surface area contributed by atoms with Crippen LogP contribution in [0.2, 0.25) is 0 Å². The fourth-order valence-corrected chi connectivity index (χ4v) is 0.838. The van der Waals surface area contributed by atoms with Crippen molar-refractivity contribution in [3.05, 3.63) is 11.4 Å². The fourth-order valence-electron chi connectivity index (χ4n) is 0.838. The molecule has 0 unspecified atom stereocenters. The van der Waals surface area contributed by atoms with E-state index in [0.29, 0.717) is 0 Å². The van der Waals surface area contributed by atoms with Gasteiger partial charge in [0.1, 0.15) is 0 Å². The second-order valence-corrected chi connectivity index (χ2v) is 1.94. The lowest BCUT2D eigenvalue weighted by molar-refractivity contribution is 0.900. The number of rotatable bonds is 2. The minimum atomic E-state index is 0.972. The minimum Gasteiger partial charge on any atom is -0.262 e. The molecular formula is C6H11N3. The lowest BCUT2D eigenvalue weighted by Gasteiger charge is -1.89. The van der Waals surface area contributed by atoms with Crippen LogP contribution in [-0.4, -0.2) is 15.4 Å². The van der Waals surface area contributed by atoms with Gasteiger partial charge in [-0.3, -0.25) is 5.10 Å². The molecule has 1 heterocycles. The van der Waals surface area contributed by atoms with Crippen molar-refractivity contribution in [3.8, 4) is 0 Å². The number of aromatic nitrogens is 3. The third-order valence-electron chi connectivity index (χ3n) is 1.39. The predicted octanol–water partition coefficient (Wildman–Crippen LogP) is 0.929. The summed E-state index contributed by atoms with van der Waals surface area (Å²) < 4.78 is 0. The van der Waals surface area contributed by atoms with E-state index in [-0.39, 0.29) is 0 Å². The zero-order valence-electron chi connectivity index (χ0n) is 5.81. The van der Waals surface area contributed by atoms with Crippen LogP contribution in [0.4, 0.5) is 0 Å². The fraction of sp³-hybridized carbons (Fsp3) is 0.667. The molecule has 50 valence electrons. The van der Waals surface area contributed by atoms with Crippen LogP contribution in [0, 0.1) is 0 Å². The normalized spacial score (nSPS) is 10.0. The van der Waals surface area contributed by atoms with Crippen LogP contribution >= 0.6 is 0 Å². The average Bonchev–Trinajstić information content (AvgIpc) is 2.33. The first-order valence-corrected chi connectivity index (χ1v) is 3.27. The van der Waals surface area contributed by atoms with Gasteiger partial charge >= 0.3 is 0 Å². The highest BCUT2D eigenvalue weighted by atomic mass is 15.3. The Morgan fingerprint density at radius 2 is 2.11 bits per heavy atom.